The zero-order valence-electron chi connectivity index (χ0n) is 10.9. The second-order valence-corrected chi connectivity index (χ2v) is 5.36. The summed E-state index contributed by atoms with van der Waals surface area (Å²) in [6.07, 6.45) is 0. The number of carbonyl (C=O) groups excluding carboxylic acids is 1. The molecule has 1 aliphatic rings. The van der Waals surface area contributed by atoms with Gasteiger partial charge in [-0.1, -0.05) is 0 Å². The maximum Gasteiger partial charge on any atom is 0.239 e. The number of rotatable bonds is 4. The molecule has 2 rings (SSSR count). The fourth-order valence-corrected chi connectivity index (χ4v) is 2.60. The molecule has 1 aromatic rings. The van der Waals surface area contributed by atoms with E-state index >= 15 is 0 Å². The van der Waals surface area contributed by atoms with E-state index in [1.165, 1.54) is 0 Å². The summed E-state index contributed by atoms with van der Waals surface area (Å²) in [6.45, 7) is 6.11. The van der Waals surface area contributed by atoms with Crippen LogP contribution in [0.25, 0.3) is 0 Å². The number of amides is 1. The SMILES string of the molecule is CC(C(=O)N1CCNCC1)N(C)Cc1cscn1. The van der Waals surface area contributed by atoms with Crippen molar-refractivity contribution in [3.63, 3.8) is 0 Å². The summed E-state index contributed by atoms with van der Waals surface area (Å²) in [5.41, 5.74) is 2.86. The smallest absolute Gasteiger partial charge is 0.239 e. The zero-order chi connectivity index (χ0) is 13.0. The Morgan fingerprint density at radius 2 is 2.33 bits per heavy atom. The molecule has 1 fully saturated rings. The number of piperazine rings is 1. The average molecular weight is 268 g/mol. The largest absolute Gasteiger partial charge is 0.339 e. The van der Waals surface area contributed by atoms with Crippen molar-refractivity contribution in [2.24, 2.45) is 0 Å². The van der Waals surface area contributed by atoms with Crippen LogP contribution in [-0.2, 0) is 11.3 Å². The molecule has 1 N–H and O–H groups in total. The summed E-state index contributed by atoms with van der Waals surface area (Å²) in [5.74, 6) is 0.217. The molecule has 0 aliphatic carbocycles. The van der Waals surface area contributed by atoms with Gasteiger partial charge in [0.15, 0.2) is 0 Å². The van der Waals surface area contributed by atoms with Gasteiger partial charge in [0.2, 0.25) is 5.91 Å². The van der Waals surface area contributed by atoms with Crippen LogP contribution in [-0.4, -0.2) is 60.0 Å². The molecule has 0 spiro atoms. The minimum atomic E-state index is -0.0928. The van der Waals surface area contributed by atoms with Crippen molar-refractivity contribution in [2.75, 3.05) is 33.2 Å². The predicted molar refractivity (Wildman–Crippen MR) is 72.5 cm³/mol. The van der Waals surface area contributed by atoms with Crippen molar-refractivity contribution in [3.05, 3.63) is 16.6 Å². The van der Waals surface area contributed by atoms with Crippen molar-refractivity contribution in [2.45, 2.75) is 19.5 Å². The Bertz CT molecular complexity index is 375. The van der Waals surface area contributed by atoms with E-state index in [4.69, 9.17) is 0 Å². The number of aromatic nitrogens is 1. The van der Waals surface area contributed by atoms with Crippen LogP contribution in [0.5, 0.6) is 0 Å². The van der Waals surface area contributed by atoms with Crippen molar-refractivity contribution in [1.29, 1.82) is 0 Å². The molecule has 0 aromatic carbocycles. The lowest BCUT2D eigenvalue weighted by Crippen LogP contribution is -2.52. The molecule has 1 unspecified atom stereocenters. The Morgan fingerprint density at radius 3 is 2.94 bits per heavy atom. The molecule has 1 atom stereocenters. The van der Waals surface area contributed by atoms with Gasteiger partial charge in [0.25, 0.3) is 0 Å². The molecule has 0 bridgehead atoms. The number of likely N-dealkylation sites (N-methyl/N-ethyl adjacent to an activating group) is 1. The van der Waals surface area contributed by atoms with Crippen molar-refractivity contribution >= 4 is 17.2 Å². The predicted octanol–water partition coefficient (Wildman–Crippen LogP) is 0.395. The van der Waals surface area contributed by atoms with Crippen molar-refractivity contribution in [1.82, 2.24) is 20.1 Å². The molecular weight excluding hydrogens is 248 g/mol. The third-order valence-corrected chi connectivity index (χ3v) is 3.98. The molecule has 0 radical (unpaired) electrons. The van der Waals surface area contributed by atoms with Gasteiger partial charge in [-0.2, -0.15) is 0 Å². The highest BCUT2D eigenvalue weighted by Gasteiger charge is 2.25. The van der Waals surface area contributed by atoms with Crippen LogP contribution < -0.4 is 5.32 Å². The first kappa shape index (κ1) is 13.5. The lowest BCUT2D eigenvalue weighted by molar-refractivity contribution is -0.136. The van der Waals surface area contributed by atoms with Gasteiger partial charge < -0.3 is 10.2 Å². The maximum atomic E-state index is 12.3. The van der Waals surface area contributed by atoms with Crippen molar-refractivity contribution in [3.8, 4) is 0 Å². The van der Waals surface area contributed by atoms with E-state index in [-0.39, 0.29) is 11.9 Å². The Hall–Kier alpha value is -0.980. The van der Waals surface area contributed by atoms with E-state index < -0.39 is 0 Å². The minimum absolute atomic E-state index is 0.0928. The van der Waals surface area contributed by atoms with Crippen LogP contribution in [0.15, 0.2) is 10.9 Å². The highest BCUT2D eigenvalue weighted by atomic mass is 32.1. The standard InChI is InChI=1S/C12H20N4OS/c1-10(12(17)16-5-3-13-4-6-16)15(2)7-11-8-18-9-14-11/h8-10,13H,3-7H2,1-2H3. The van der Waals surface area contributed by atoms with Gasteiger partial charge in [-0.3, -0.25) is 9.69 Å². The van der Waals surface area contributed by atoms with Gasteiger partial charge in [0.05, 0.1) is 17.2 Å². The molecule has 2 heterocycles. The summed E-state index contributed by atoms with van der Waals surface area (Å²) in [4.78, 5) is 20.6. The van der Waals surface area contributed by atoms with E-state index in [1.54, 1.807) is 11.3 Å². The number of nitrogens with zero attached hydrogens (tertiary/aromatic N) is 3. The Labute approximate surface area is 112 Å². The normalized spacial score (nSPS) is 18.1. The maximum absolute atomic E-state index is 12.3. The highest BCUT2D eigenvalue weighted by Crippen LogP contribution is 2.09. The van der Waals surface area contributed by atoms with E-state index in [0.717, 1.165) is 38.4 Å². The summed E-state index contributed by atoms with van der Waals surface area (Å²) in [7, 11) is 1.98. The van der Waals surface area contributed by atoms with E-state index in [1.807, 2.05) is 29.8 Å². The summed E-state index contributed by atoms with van der Waals surface area (Å²) >= 11 is 1.59. The lowest BCUT2D eigenvalue weighted by atomic mass is 10.2. The number of hydrogen-bond donors (Lipinski definition) is 1. The summed E-state index contributed by atoms with van der Waals surface area (Å²) < 4.78 is 0. The average Bonchev–Trinajstić information content (AvgIpc) is 2.91. The van der Waals surface area contributed by atoms with Crippen LogP contribution in [0.3, 0.4) is 0 Å². The van der Waals surface area contributed by atoms with E-state index in [2.05, 4.69) is 15.2 Å². The summed E-state index contributed by atoms with van der Waals surface area (Å²) in [5, 5.41) is 5.28. The summed E-state index contributed by atoms with van der Waals surface area (Å²) in [6, 6.07) is -0.0928. The minimum Gasteiger partial charge on any atom is -0.339 e. The zero-order valence-corrected chi connectivity index (χ0v) is 11.7. The number of nitrogens with one attached hydrogen (secondary N) is 1. The molecule has 1 aromatic heterocycles. The lowest BCUT2D eigenvalue weighted by Gasteiger charge is -2.32. The third-order valence-electron chi connectivity index (χ3n) is 3.34. The monoisotopic (exact) mass is 268 g/mol. The molecule has 18 heavy (non-hydrogen) atoms. The van der Waals surface area contributed by atoms with Crippen LogP contribution in [0, 0.1) is 0 Å². The molecule has 1 aliphatic heterocycles. The van der Waals surface area contributed by atoms with Gasteiger partial charge in [-0.25, -0.2) is 4.98 Å². The highest BCUT2D eigenvalue weighted by molar-refractivity contribution is 7.07. The molecular formula is C12H20N4OS. The molecule has 1 amide bonds. The van der Waals surface area contributed by atoms with E-state index in [0.29, 0.717) is 0 Å². The quantitative estimate of drug-likeness (QED) is 0.858. The van der Waals surface area contributed by atoms with Gasteiger partial charge in [-0.15, -0.1) is 11.3 Å². The second-order valence-electron chi connectivity index (χ2n) is 4.65. The number of hydrogen-bond acceptors (Lipinski definition) is 5. The Kier molecular flexibility index (Phi) is 4.68. The fourth-order valence-electron chi connectivity index (χ4n) is 2.05. The van der Waals surface area contributed by atoms with Crippen LogP contribution in [0.2, 0.25) is 0 Å². The van der Waals surface area contributed by atoms with Gasteiger partial charge in [0, 0.05) is 38.1 Å². The third kappa shape index (κ3) is 3.28. The van der Waals surface area contributed by atoms with Crippen LogP contribution in [0.4, 0.5) is 0 Å². The van der Waals surface area contributed by atoms with Gasteiger partial charge in [-0.05, 0) is 14.0 Å². The Morgan fingerprint density at radius 1 is 1.61 bits per heavy atom. The molecule has 5 nitrogen and oxygen atoms in total. The van der Waals surface area contributed by atoms with Gasteiger partial charge >= 0.3 is 0 Å². The van der Waals surface area contributed by atoms with E-state index in [9.17, 15) is 4.79 Å². The van der Waals surface area contributed by atoms with Crippen LogP contribution >= 0.6 is 11.3 Å². The number of thiazole rings is 1. The van der Waals surface area contributed by atoms with Crippen molar-refractivity contribution < 1.29 is 4.79 Å². The van der Waals surface area contributed by atoms with Crippen LogP contribution in [0.1, 0.15) is 12.6 Å². The topological polar surface area (TPSA) is 48.5 Å². The first-order valence-corrected chi connectivity index (χ1v) is 7.19. The molecule has 1 saturated heterocycles. The molecule has 100 valence electrons. The fraction of sp³-hybridized carbons (Fsp3) is 0.667. The Balaban J connectivity index is 1.88. The number of carbonyl (C=O) groups is 1. The first-order valence-electron chi connectivity index (χ1n) is 6.25. The first-order chi connectivity index (χ1) is 8.68. The molecule has 6 heteroatoms. The van der Waals surface area contributed by atoms with Gasteiger partial charge in [0.1, 0.15) is 0 Å². The molecule has 0 saturated carbocycles. The second kappa shape index (κ2) is 6.26.